The van der Waals surface area contributed by atoms with Crippen LogP contribution in [0.15, 0.2) is 11.0 Å². The Morgan fingerprint density at radius 1 is 1.50 bits per heavy atom. The molecule has 7 heteroatoms. The van der Waals surface area contributed by atoms with Crippen LogP contribution in [-0.4, -0.2) is 38.5 Å². The highest BCUT2D eigenvalue weighted by molar-refractivity contribution is 5.77. The number of aromatic nitrogens is 4. The van der Waals surface area contributed by atoms with E-state index >= 15 is 0 Å². The highest BCUT2D eigenvalue weighted by Gasteiger charge is 2.23. The SMILES string of the molecule is CCn1c(N2CCCC(N)C2)nc2cnn(C)c(=O)c21. The van der Waals surface area contributed by atoms with Gasteiger partial charge in [0.2, 0.25) is 5.95 Å². The van der Waals surface area contributed by atoms with Crippen LogP contribution in [0.2, 0.25) is 0 Å². The van der Waals surface area contributed by atoms with Crippen molar-refractivity contribution in [1.29, 1.82) is 0 Å². The molecule has 20 heavy (non-hydrogen) atoms. The normalized spacial score (nSPS) is 19.8. The summed E-state index contributed by atoms with van der Waals surface area (Å²) in [5.41, 5.74) is 7.22. The predicted molar refractivity (Wildman–Crippen MR) is 77.9 cm³/mol. The van der Waals surface area contributed by atoms with Crippen LogP contribution in [0.1, 0.15) is 19.8 Å². The molecule has 1 unspecified atom stereocenters. The monoisotopic (exact) mass is 276 g/mol. The van der Waals surface area contributed by atoms with Gasteiger partial charge in [-0.2, -0.15) is 5.10 Å². The van der Waals surface area contributed by atoms with Crippen LogP contribution < -0.4 is 16.2 Å². The van der Waals surface area contributed by atoms with Crippen LogP contribution in [-0.2, 0) is 13.6 Å². The minimum Gasteiger partial charge on any atom is -0.341 e. The van der Waals surface area contributed by atoms with Crippen LogP contribution in [0.25, 0.3) is 11.0 Å². The second-order valence-corrected chi connectivity index (χ2v) is 5.31. The minimum atomic E-state index is -0.107. The molecule has 0 saturated carbocycles. The van der Waals surface area contributed by atoms with Crippen molar-refractivity contribution in [2.75, 3.05) is 18.0 Å². The molecule has 1 saturated heterocycles. The Bertz CT molecular complexity index is 688. The fourth-order valence-electron chi connectivity index (χ4n) is 2.85. The van der Waals surface area contributed by atoms with Crippen molar-refractivity contribution in [2.45, 2.75) is 32.4 Å². The average Bonchev–Trinajstić information content (AvgIpc) is 2.82. The number of piperidine rings is 1. The van der Waals surface area contributed by atoms with Crippen molar-refractivity contribution >= 4 is 17.0 Å². The zero-order chi connectivity index (χ0) is 14.3. The molecule has 1 fully saturated rings. The largest absolute Gasteiger partial charge is 0.341 e. The molecule has 2 aromatic rings. The quantitative estimate of drug-likeness (QED) is 0.840. The van der Waals surface area contributed by atoms with E-state index < -0.39 is 0 Å². The van der Waals surface area contributed by atoms with Gasteiger partial charge < -0.3 is 15.2 Å². The highest BCUT2D eigenvalue weighted by Crippen LogP contribution is 2.22. The molecule has 1 aliphatic heterocycles. The Balaban J connectivity index is 2.16. The van der Waals surface area contributed by atoms with E-state index in [1.54, 1.807) is 13.2 Å². The van der Waals surface area contributed by atoms with E-state index in [-0.39, 0.29) is 11.6 Å². The Hall–Kier alpha value is -1.89. The highest BCUT2D eigenvalue weighted by atomic mass is 16.1. The third kappa shape index (κ3) is 1.98. The van der Waals surface area contributed by atoms with Crippen LogP contribution >= 0.6 is 0 Å². The number of imidazole rings is 1. The van der Waals surface area contributed by atoms with Crippen molar-refractivity contribution in [3.05, 3.63) is 16.6 Å². The predicted octanol–water partition coefficient (Wildman–Crippen LogP) is 0.0774. The van der Waals surface area contributed by atoms with Gasteiger partial charge in [-0.25, -0.2) is 9.67 Å². The zero-order valence-corrected chi connectivity index (χ0v) is 11.9. The molecular weight excluding hydrogens is 256 g/mol. The van der Waals surface area contributed by atoms with Crippen molar-refractivity contribution < 1.29 is 0 Å². The molecule has 2 aromatic heterocycles. The summed E-state index contributed by atoms with van der Waals surface area (Å²) in [6.45, 7) is 4.45. The van der Waals surface area contributed by atoms with E-state index in [0.717, 1.165) is 31.9 Å². The smallest absolute Gasteiger partial charge is 0.292 e. The first kappa shape index (κ1) is 13.1. The Labute approximate surface area is 117 Å². The lowest BCUT2D eigenvalue weighted by Gasteiger charge is -2.31. The van der Waals surface area contributed by atoms with Crippen molar-refractivity contribution in [3.8, 4) is 0 Å². The van der Waals surface area contributed by atoms with E-state index in [2.05, 4.69) is 15.0 Å². The Kier molecular flexibility index (Phi) is 3.21. The van der Waals surface area contributed by atoms with Crippen molar-refractivity contribution in [1.82, 2.24) is 19.3 Å². The summed E-state index contributed by atoms with van der Waals surface area (Å²) < 4.78 is 3.32. The minimum absolute atomic E-state index is 0.107. The van der Waals surface area contributed by atoms with E-state index in [1.165, 1.54) is 4.68 Å². The standard InChI is InChI=1S/C13H20N6O/c1-3-19-11-10(7-15-17(2)12(11)20)16-13(19)18-6-4-5-9(14)8-18/h7,9H,3-6,8,14H2,1-2H3. The first-order valence-corrected chi connectivity index (χ1v) is 7.05. The van der Waals surface area contributed by atoms with Gasteiger partial charge in [-0.3, -0.25) is 4.79 Å². The number of hydrogen-bond donors (Lipinski definition) is 1. The Morgan fingerprint density at radius 3 is 3.00 bits per heavy atom. The van der Waals surface area contributed by atoms with E-state index in [4.69, 9.17) is 5.73 Å². The maximum atomic E-state index is 12.3. The number of fused-ring (bicyclic) bond motifs is 1. The van der Waals surface area contributed by atoms with Crippen molar-refractivity contribution in [2.24, 2.45) is 12.8 Å². The van der Waals surface area contributed by atoms with Gasteiger partial charge in [-0.05, 0) is 19.8 Å². The summed E-state index contributed by atoms with van der Waals surface area (Å²) in [7, 11) is 1.66. The second kappa shape index (κ2) is 4.90. The molecule has 0 aromatic carbocycles. The number of aryl methyl sites for hydroxylation is 2. The summed E-state index contributed by atoms with van der Waals surface area (Å²) in [4.78, 5) is 19.0. The molecular formula is C13H20N6O. The van der Waals surface area contributed by atoms with Gasteiger partial charge in [-0.15, -0.1) is 0 Å². The molecule has 108 valence electrons. The van der Waals surface area contributed by atoms with Gasteiger partial charge in [0.25, 0.3) is 5.56 Å². The summed E-state index contributed by atoms with van der Waals surface area (Å²) in [6.07, 6.45) is 3.76. The van der Waals surface area contributed by atoms with Crippen LogP contribution in [0.4, 0.5) is 5.95 Å². The molecule has 7 nitrogen and oxygen atoms in total. The molecule has 0 bridgehead atoms. The van der Waals surface area contributed by atoms with Crippen LogP contribution in [0.3, 0.4) is 0 Å². The van der Waals surface area contributed by atoms with Gasteiger partial charge in [0, 0.05) is 32.7 Å². The number of nitrogens with two attached hydrogens (primary N) is 1. The van der Waals surface area contributed by atoms with E-state index in [9.17, 15) is 4.79 Å². The maximum absolute atomic E-state index is 12.3. The van der Waals surface area contributed by atoms with Crippen LogP contribution in [0.5, 0.6) is 0 Å². The van der Waals surface area contributed by atoms with Gasteiger partial charge in [0.1, 0.15) is 11.0 Å². The number of rotatable bonds is 2. The molecule has 1 atom stereocenters. The number of nitrogens with zero attached hydrogens (tertiary/aromatic N) is 5. The summed E-state index contributed by atoms with van der Waals surface area (Å²) in [5.74, 6) is 0.836. The first-order valence-electron chi connectivity index (χ1n) is 7.05. The fourth-order valence-corrected chi connectivity index (χ4v) is 2.85. The summed E-state index contributed by atoms with van der Waals surface area (Å²) in [6, 6.07) is 0.176. The van der Waals surface area contributed by atoms with Gasteiger partial charge in [-0.1, -0.05) is 0 Å². The van der Waals surface area contributed by atoms with E-state index in [0.29, 0.717) is 17.6 Å². The van der Waals surface area contributed by atoms with E-state index in [1.807, 2.05) is 11.5 Å². The summed E-state index contributed by atoms with van der Waals surface area (Å²) >= 11 is 0. The van der Waals surface area contributed by atoms with Gasteiger partial charge in [0.15, 0.2) is 0 Å². The third-order valence-electron chi connectivity index (χ3n) is 3.88. The Morgan fingerprint density at radius 2 is 2.30 bits per heavy atom. The van der Waals surface area contributed by atoms with Gasteiger partial charge >= 0.3 is 0 Å². The van der Waals surface area contributed by atoms with Gasteiger partial charge in [0.05, 0.1) is 6.20 Å². The molecule has 3 heterocycles. The van der Waals surface area contributed by atoms with Crippen LogP contribution in [0, 0.1) is 0 Å². The molecule has 1 aliphatic rings. The molecule has 0 spiro atoms. The molecule has 0 amide bonds. The fraction of sp³-hybridized carbons (Fsp3) is 0.615. The average molecular weight is 276 g/mol. The first-order chi connectivity index (χ1) is 9.61. The second-order valence-electron chi connectivity index (χ2n) is 5.31. The molecule has 2 N–H and O–H groups in total. The maximum Gasteiger partial charge on any atom is 0.292 e. The summed E-state index contributed by atoms with van der Waals surface area (Å²) in [5, 5.41) is 4.04. The topological polar surface area (TPSA) is 82.0 Å². The third-order valence-corrected chi connectivity index (χ3v) is 3.88. The lowest BCUT2D eigenvalue weighted by molar-refractivity contribution is 0.494. The molecule has 0 aliphatic carbocycles. The molecule has 3 rings (SSSR count). The lowest BCUT2D eigenvalue weighted by Crippen LogP contribution is -2.44. The zero-order valence-electron chi connectivity index (χ0n) is 11.9. The number of anilines is 1. The number of hydrogen-bond acceptors (Lipinski definition) is 5. The molecule has 0 radical (unpaired) electrons. The van der Waals surface area contributed by atoms with Crippen molar-refractivity contribution in [3.63, 3.8) is 0 Å². The lowest BCUT2D eigenvalue weighted by atomic mass is 10.1.